The molecule has 1 fully saturated rings. The Hall–Kier alpha value is -1.38. The molecule has 3 nitrogen and oxygen atoms in total. The maximum absolute atomic E-state index is 11.6. The minimum atomic E-state index is -0.140. The number of allylic oxidation sites excluding steroid dienone is 2. The van der Waals surface area contributed by atoms with Crippen molar-refractivity contribution in [2.75, 3.05) is 6.54 Å². The maximum atomic E-state index is 11.6. The number of amides is 2. The first kappa shape index (κ1) is 25.2. The molecule has 4 unspecified atom stereocenters. The highest BCUT2D eigenvalue weighted by molar-refractivity contribution is 6.12. The molecular formula is C29H47NO2. The van der Waals surface area contributed by atoms with Crippen LogP contribution in [0.25, 0.3) is 0 Å². The molecule has 0 saturated heterocycles. The first-order valence-corrected chi connectivity index (χ1v) is 13.9. The van der Waals surface area contributed by atoms with Crippen molar-refractivity contribution < 1.29 is 9.59 Å². The zero-order valence-electron chi connectivity index (χ0n) is 20.6. The fourth-order valence-electron chi connectivity index (χ4n) is 6.41. The van der Waals surface area contributed by atoms with E-state index in [4.69, 9.17) is 0 Å². The van der Waals surface area contributed by atoms with Crippen molar-refractivity contribution in [3.8, 4) is 0 Å². The van der Waals surface area contributed by atoms with Gasteiger partial charge in [0, 0.05) is 18.7 Å². The van der Waals surface area contributed by atoms with Crippen LogP contribution in [0.3, 0.4) is 0 Å². The van der Waals surface area contributed by atoms with Crippen molar-refractivity contribution in [2.45, 2.75) is 116 Å². The van der Waals surface area contributed by atoms with Gasteiger partial charge in [0.15, 0.2) is 0 Å². The topological polar surface area (TPSA) is 37.4 Å². The predicted molar refractivity (Wildman–Crippen MR) is 133 cm³/mol. The van der Waals surface area contributed by atoms with Gasteiger partial charge in [0.05, 0.1) is 0 Å². The molecule has 2 aliphatic carbocycles. The maximum Gasteiger partial charge on any atom is 0.253 e. The van der Waals surface area contributed by atoms with Crippen LogP contribution >= 0.6 is 0 Å². The molecular weight excluding hydrogens is 394 g/mol. The van der Waals surface area contributed by atoms with E-state index >= 15 is 0 Å². The summed E-state index contributed by atoms with van der Waals surface area (Å²) in [5, 5.41) is 0. The summed E-state index contributed by atoms with van der Waals surface area (Å²) in [6.45, 7) is 2.88. The van der Waals surface area contributed by atoms with Crippen LogP contribution in [0, 0.1) is 23.7 Å². The second-order valence-electron chi connectivity index (χ2n) is 10.6. The van der Waals surface area contributed by atoms with Gasteiger partial charge in [-0.3, -0.25) is 14.5 Å². The lowest BCUT2D eigenvalue weighted by Gasteiger charge is -2.28. The Morgan fingerprint density at radius 1 is 0.656 bits per heavy atom. The lowest BCUT2D eigenvalue weighted by atomic mass is 9.77. The SMILES string of the molecule is CCCCCCCCCCCCC1C2C=CC(C2)C1CCCCCCN1C(=O)C=CC1=O. The number of imide groups is 1. The summed E-state index contributed by atoms with van der Waals surface area (Å²) in [7, 11) is 0. The van der Waals surface area contributed by atoms with Crippen LogP contribution in [0.5, 0.6) is 0 Å². The first-order chi connectivity index (χ1) is 15.7. The first-order valence-electron chi connectivity index (χ1n) is 13.9. The van der Waals surface area contributed by atoms with Crippen LogP contribution in [-0.4, -0.2) is 23.3 Å². The predicted octanol–water partition coefficient (Wildman–Crippen LogP) is 7.61. The monoisotopic (exact) mass is 441 g/mol. The number of hydrogen-bond acceptors (Lipinski definition) is 2. The Kier molecular flexibility index (Phi) is 11.1. The molecule has 0 aromatic rings. The van der Waals surface area contributed by atoms with Gasteiger partial charge in [0.2, 0.25) is 0 Å². The third-order valence-electron chi connectivity index (χ3n) is 8.26. The number of fused-ring (bicyclic) bond motifs is 2. The third-order valence-corrected chi connectivity index (χ3v) is 8.26. The molecule has 1 aliphatic heterocycles. The minimum absolute atomic E-state index is 0.140. The lowest BCUT2D eigenvalue weighted by molar-refractivity contribution is -0.136. The number of carbonyl (C=O) groups is 2. The van der Waals surface area contributed by atoms with E-state index in [1.807, 2.05) is 0 Å². The summed E-state index contributed by atoms with van der Waals surface area (Å²) in [6.07, 6.45) is 30.9. The van der Waals surface area contributed by atoms with E-state index in [-0.39, 0.29) is 11.8 Å². The third kappa shape index (κ3) is 7.59. The van der Waals surface area contributed by atoms with Gasteiger partial charge in [0.25, 0.3) is 11.8 Å². The molecule has 1 heterocycles. The Bertz CT molecular complexity index is 619. The summed E-state index contributed by atoms with van der Waals surface area (Å²) < 4.78 is 0. The van der Waals surface area contributed by atoms with Gasteiger partial charge in [-0.25, -0.2) is 0 Å². The standard InChI is InChI=1S/C29H47NO2/c1-2-3-4-5-6-7-8-9-10-13-16-26-24-18-19-25(23-24)27(26)17-14-11-12-15-22-30-28(31)20-21-29(30)32/h18-21,24-27H,2-17,22-23H2,1H3. The Labute approximate surface area is 197 Å². The smallest absolute Gasteiger partial charge is 0.253 e. The van der Waals surface area contributed by atoms with E-state index in [9.17, 15) is 9.59 Å². The zero-order chi connectivity index (χ0) is 22.6. The number of unbranched alkanes of at least 4 members (excludes halogenated alkanes) is 12. The number of nitrogens with zero attached hydrogens (tertiary/aromatic N) is 1. The minimum Gasteiger partial charge on any atom is -0.275 e. The summed E-state index contributed by atoms with van der Waals surface area (Å²) >= 11 is 0. The summed E-state index contributed by atoms with van der Waals surface area (Å²) in [6, 6.07) is 0. The van der Waals surface area contributed by atoms with E-state index in [1.165, 1.54) is 113 Å². The van der Waals surface area contributed by atoms with Crippen molar-refractivity contribution in [3.63, 3.8) is 0 Å². The molecule has 2 bridgehead atoms. The highest BCUT2D eigenvalue weighted by Gasteiger charge is 2.43. The van der Waals surface area contributed by atoms with Crippen LogP contribution in [0.2, 0.25) is 0 Å². The summed E-state index contributed by atoms with van der Waals surface area (Å²) in [4.78, 5) is 24.6. The second kappa shape index (κ2) is 14.0. The number of hydrogen-bond donors (Lipinski definition) is 0. The van der Waals surface area contributed by atoms with Crippen LogP contribution in [0.4, 0.5) is 0 Å². The fourth-order valence-corrected chi connectivity index (χ4v) is 6.41. The van der Waals surface area contributed by atoms with Crippen molar-refractivity contribution in [1.82, 2.24) is 4.90 Å². The molecule has 4 atom stereocenters. The van der Waals surface area contributed by atoms with E-state index in [0.717, 1.165) is 36.5 Å². The highest BCUT2D eigenvalue weighted by Crippen LogP contribution is 2.51. The largest absolute Gasteiger partial charge is 0.275 e. The van der Waals surface area contributed by atoms with Crippen LogP contribution in [-0.2, 0) is 9.59 Å². The van der Waals surface area contributed by atoms with Gasteiger partial charge in [-0.2, -0.15) is 0 Å². The molecule has 3 aliphatic rings. The van der Waals surface area contributed by atoms with Crippen LogP contribution in [0.15, 0.2) is 24.3 Å². The van der Waals surface area contributed by atoms with Gasteiger partial charge in [-0.15, -0.1) is 0 Å². The summed E-state index contributed by atoms with van der Waals surface area (Å²) in [5.74, 6) is 3.28. The van der Waals surface area contributed by atoms with Gasteiger partial charge >= 0.3 is 0 Å². The van der Waals surface area contributed by atoms with Crippen LogP contribution < -0.4 is 0 Å². The van der Waals surface area contributed by atoms with E-state index in [1.54, 1.807) is 0 Å². The number of carbonyl (C=O) groups excluding carboxylic acids is 2. The fraction of sp³-hybridized carbons (Fsp3) is 0.793. The van der Waals surface area contributed by atoms with Crippen molar-refractivity contribution in [1.29, 1.82) is 0 Å². The molecule has 0 N–H and O–H groups in total. The van der Waals surface area contributed by atoms with Crippen molar-refractivity contribution in [3.05, 3.63) is 24.3 Å². The van der Waals surface area contributed by atoms with Crippen LogP contribution in [0.1, 0.15) is 116 Å². The molecule has 0 radical (unpaired) electrons. The molecule has 3 heteroatoms. The molecule has 0 aromatic heterocycles. The zero-order valence-corrected chi connectivity index (χ0v) is 20.6. The Morgan fingerprint density at radius 3 is 1.59 bits per heavy atom. The Balaban J connectivity index is 1.22. The van der Waals surface area contributed by atoms with E-state index < -0.39 is 0 Å². The van der Waals surface area contributed by atoms with Gasteiger partial charge in [0.1, 0.15) is 0 Å². The number of rotatable bonds is 18. The molecule has 0 aromatic carbocycles. The quantitative estimate of drug-likeness (QED) is 0.125. The molecule has 32 heavy (non-hydrogen) atoms. The lowest BCUT2D eigenvalue weighted by Crippen LogP contribution is -2.30. The average Bonchev–Trinajstić information content (AvgIpc) is 3.48. The summed E-state index contributed by atoms with van der Waals surface area (Å²) in [5.41, 5.74) is 0. The van der Waals surface area contributed by atoms with Gasteiger partial charge in [-0.05, 0) is 49.4 Å². The molecule has 180 valence electrons. The molecule has 1 saturated carbocycles. The van der Waals surface area contributed by atoms with Gasteiger partial charge < -0.3 is 0 Å². The molecule has 3 rings (SSSR count). The second-order valence-corrected chi connectivity index (χ2v) is 10.6. The van der Waals surface area contributed by atoms with E-state index in [2.05, 4.69) is 19.1 Å². The van der Waals surface area contributed by atoms with Gasteiger partial charge in [-0.1, -0.05) is 103 Å². The highest BCUT2D eigenvalue weighted by atomic mass is 16.2. The van der Waals surface area contributed by atoms with E-state index in [0.29, 0.717) is 6.54 Å². The molecule has 0 spiro atoms. The average molecular weight is 442 g/mol. The normalized spacial score (nSPS) is 26.2. The molecule has 2 amide bonds. The van der Waals surface area contributed by atoms with Crippen molar-refractivity contribution in [2.24, 2.45) is 23.7 Å². The Morgan fingerprint density at radius 2 is 1.09 bits per heavy atom. The van der Waals surface area contributed by atoms with Crippen molar-refractivity contribution >= 4 is 11.8 Å².